The van der Waals surface area contributed by atoms with Crippen molar-refractivity contribution in [2.24, 2.45) is 0 Å². The second-order valence-corrected chi connectivity index (χ2v) is 9.37. The number of halogens is 2. The Bertz CT molecular complexity index is 1030. The first-order valence-corrected chi connectivity index (χ1v) is 10.9. The van der Waals surface area contributed by atoms with Gasteiger partial charge in [0.25, 0.3) is 0 Å². The number of hydrogen-bond acceptors (Lipinski definition) is 6. The summed E-state index contributed by atoms with van der Waals surface area (Å²) in [5.41, 5.74) is -0.321. The molecule has 0 radical (unpaired) electrons. The molecule has 3 fully saturated rings. The summed E-state index contributed by atoms with van der Waals surface area (Å²) in [6, 6.07) is 7.10. The smallest absolute Gasteiger partial charge is 0.246 e. The van der Waals surface area contributed by atoms with E-state index in [1.54, 1.807) is 24.3 Å². The largest absolute Gasteiger partial charge is 0.485 e. The summed E-state index contributed by atoms with van der Waals surface area (Å²) in [4.78, 5) is 16.8. The maximum absolute atomic E-state index is 12.3. The summed E-state index contributed by atoms with van der Waals surface area (Å²) in [5.74, 6) is 1.68. The minimum absolute atomic E-state index is 0.0146. The van der Waals surface area contributed by atoms with Gasteiger partial charge in [-0.25, -0.2) is 0 Å². The third-order valence-corrected chi connectivity index (χ3v) is 6.50. The van der Waals surface area contributed by atoms with Gasteiger partial charge in [-0.15, -0.1) is 0 Å². The van der Waals surface area contributed by atoms with Crippen molar-refractivity contribution < 1.29 is 18.8 Å². The lowest BCUT2D eigenvalue weighted by Gasteiger charge is -2.68. The number of ether oxygens (including phenoxy) is 2. The van der Waals surface area contributed by atoms with E-state index in [1.807, 2.05) is 18.2 Å². The Balaban J connectivity index is 1.08. The fourth-order valence-corrected chi connectivity index (χ4v) is 4.95. The van der Waals surface area contributed by atoms with Gasteiger partial charge >= 0.3 is 0 Å². The zero-order valence-electron chi connectivity index (χ0n) is 16.6. The lowest BCUT2D eigenvalue weighted by atomic mass is 9.39. The van der Waals surface area contributed by atoms with Crippen molar-refractivity contribution in [2.75, 3.05) is 6.61 Å². The number of nitrogens with one attached hydrogen (secondary N) is 1. The number of amides is 1. The molecule has 0 saturated heterocycles. The minimum Gasteiger partial charge on any atom is -0.485 e. The predicted octanol–water partition coefficient (Wildman–Crippen LogP) is 4.06. The second kappa shape index (κ2) is 7.97. The average molecular weight is 462 g/mol. The molecule has 1 unspecified atom stereocenters. The fourth-order valence-electron chi connectivity index (χ4n) is 4.60. The molecule has 0 spiro atoms. The molecule has 4 aliphatic carbocycles. The third kappa shape index (κ3) is 4.22. The molecule has 0 aliphatic heterocycles. The molecule has 1 amide bonds. The summed E-state index contributed by atoms with van der Waals surface area (Å²) in [5, 5.41) is 8.51. The van der Waals surface area contributed by atoms with Crippen molar-refractivity contribution in [2.45, 2.75) is 49.3 Å². The van der Waals surface area contributed by atoms with Crippen LogP contribution in [-0.2, 0) is 21.6 Å². The number of benzene rings is 1. The van der Waals surface area contributed by atoms with Crippen molar-refractivity contribution in [3.63, 3.8) is 0 Å². The van der Waals surface area contributed by atoms with Gasteiger partial charge in [0.15, 0.2) is 6.61 Å². The normalized spacial score (nSPS) is 28.3. The molecule has 4 aliphatic rings. The van der Waals surface area contributed by atoms with E-state index in [1.165, 1.54) is 0 Å². The molecular weight excluding hydrogens is 441 g/mol. The van der Waals surface area contributed by atoms with Gasteiger partial charge in [-0.3, -0.25) is 4.79 Å². The van der Waals surface area contributed by atoms with Gasteiger partial charge in [0.2, 0.25) is 17.6 Å². The average Bonchev–Trinajstić information content (AvgIpc) is 3.16. The molecule has 2 aromatic rings. The predicted molar refractivity (Wildman–Crippen MR) is 114 cm³/mol. The summed E-state index contributed by atoms with van der Waals surface area (Å²) in [7, 11) is 0. The van der Waals surface area contributed by atoms with Crippen LogP contribution in [-0.4, -0.2) is 34.3 Å². The van der Waals surface area contributed by atoms with E-state index in [-0.39, 0.29) is 36.2 Å². The molecule has 1 aromatic carbocycles. The first-order chi connectivity index (χ1) is 14.9. The van der Waals surface area contributed by atoms with Crippen LogP contribution in [0.2, 0.25) is 5.02 Å². The summed E-state index contributed by atoms with van der Waals surface area (Å²) < 4.78 is 16.8. The van der Waals surface area contributed by atoms with Crippen molar-refractivity contribution in [3.05, 3.63) is 64.3 Å². The van der Waals surface area contributed by atoms with E-state index in [2.05, 4.69) is 15.5 Å². The third-order valence-electron chi connectivity index (χ3n) is 5.97. The first-order valence-electron chi connectivity index (χ1n) is 10.1. The van der Waals surface area contributed by atoms with Gasteiger partial charge in [0.05, 0.1) is 11.5 Å². The van der Waals surface area contributed by atoms with Gasteiger partial charge in [0, 0.05) is 22.0 Å². The lowest BCUT2D eigenvalue weighted by Crippen LogP contribution is -2.77. The van der Waals surface area contributed by atoms with Crippen LogP contribution in [0.15, 0.2) is 52.0 Å². The Hall–Kier alpha value is -2.35. The van der Waals surface area contributed by atoms with Crippen molar-refractivity contribution >= 4 is 29.1 Å². The summed E-state index contributed by atoms with van der Waals surface area (Å²) in [6.45, 7) is 0.232. The van der Waals surface area contributed by atoms with Crippen molar-refractivity contribution in [1.29, 1.82) is 0 Å². The number of rotatable bonds is 8. The Morgan fingerprint density at radius 2 is 2.00 bits per heavy atom. The van der Waals surface area contributed by atoms with Crippen LogP contribution in [0.1, 0.15) is 37.4 Å². The second-order valence-electron chi connectivity index (χ2n) is 8.45. The Morgan fingerprint density at radius 3 is 2.74 bits per heavy atom. The van der Waals surface area contributed by atoms with Gasteiger partial charge < -0.3 is 19.3 Å². The van der Waals surface area contributed by atoms with Crippen LogP contribution < -0.4 is 10.1 Å². The molecule has 6 rings (SSSR count). The minimum atomic E-state index is -0.186. The molecule has 2 bridgehead atoms. The van der Waals surface area contributed by atoms with Crippen LogP contribution >= 0.6 is 23.2 Å². The van der Waals surface area contributed by atoms with E-state index in [0.29, 0.717) is 28.9 Å². The van der Waals surface area contributed by atoms with Crippen LogP contribution in [0.25, 0.3) is 0 Å². The van der Waals surface area contributed by atoms with Gasteiger partial charge in [-0.1, -0.05) is 40.5 Å². The molecular formula is C22H21Cl2N3O4. The zero-order chi connectivity index (χ0) is 21.5. The quantitative estimate of drug-likeness (QED) is 0.637. The zero-order valence-corrected chi connectivity index (χ0v) is 18.2. The number of carbonyl (C=O) groups is 1. The van der Waals surface area contributed by atoms with E-state index in [9.17, 15) is 4.79 Å². The Morgan fingerprint density at radius 1 is 1.23 bits per heavy atom. The molecule has 162 valence electrons. The highest BCUT2D eigenvalue weighted by Crippen LogP contribution is 2.67. The fraction of sp³-hybridized carbons (Fsp3) is 0.409. The standard InChI is InChI=1S/C22H21Cl2N3O4/c23-14-4-6-16(7-5-14)29-9-18-25-20(31-27-18)21-11-22(12-21,13-21)26-19(28)10-30-17-3-1-2-15(24)8-17/h1-7,17H,8-13H2,(H,26,28). The number of carbonyl (C=O) groups excluding carboxylic acids is 1. The molecule has 1 atom stereocenters. The number of allylic oxidation sites excluding steroid dienone is 2. The number of hydrogen-bond donors (Lipinski definition) is 1. The highest BCUT2D eigenvalue weighted by molar-refractivity contribution is 6.30. The highest BCUT2D eigenvalue weighted by atomic mass is 35.5. The maximum atomic E-state index is 12.3. The van der Waals surface area contributed by atoms with E-state index >= 15 is 0 Å². The molecule has 9 heteroatoms. The van der Waals surface area contributed by atoms with Crippen LogP contribution in [0, 0.1) is 0 Å². The van der Waals surface area contributed by atoms with E-state index in [0.717, 1.165) is 24.3 Å². The van der Waals surface area contributed by atoms with Gasteiger partial charge in [-0.2, -0.15) is 4.98 Å². The topological polar surface area (TPSA) is 86.5 Å². The molecule has 1 aromatic heterocycles. The van der Waals surface area contributed by atoms with Crippen LogP contribution in [0.5, 0.6) is 5.75 Å². The SMILES string of the molecule is O=C(COC1C=CC=C(Cl)C1)NC12CC(c3nc(COc4ccc(Cl)cc4)no3)(C1)C2. The van der Waals surface area contributed by atoms with Crippen LogP contribution in [0.3, 0.4) is 0 Å². The monoisotopic (exact) mass is 461 g/mol. The molecule has 1 heterocycles. The first kappa shape index (κ1) is 20.5. The molecule has 3 saturated carbocycles. The molecule has 1 N–H and O–H groups in total. The maximum Gasteiger partial charge on any atom is 0.246 e. The number of aromatic nitrogens is 2. The van der Waals surface area contributed by atoms with Crippen molar-refractivity contribution in [3.8, 4) is 5.75 Å². The van der Waals surface area contributed by atoms with Gasteiger partial charge in [-0.05, 0) is 49.6 Å². The molecule has 31 heavy (non-hydrogen) atoms. The van der Waals surface area contributed by atoms with Gasteiger partial charge in [0.1, 0.15) is 12.4 Å². The lowest BCUT2D eigenvalue weighted by molar-refractivity contribution is -0.146. The van der Waals surface area contributed by atoms with Crippen LogP contribution in [0.4, 0.5) is 0 Å². The van der Waals surface area contributed by atoms with Crippen molar-refractivity contribution in [1.82, 2.24) is 15.5 Å². The summed E-state index contributed by atoms with van der Waals surface area (Å²) >= 11 is 11.9. The highest BCUT2D eigenvalue weighted by Gasteiger charge is 2.71. The Labute approximate surface area is 189 Å². The number of nitrogens with zero attached hydrogens (tertiary/aromatic N) is 2. The Kier molecular flexibility index (Phi) is 5.28. The summed E-state index contributed by atoms with van der Waals surface area (Å²) in [6.07, 6.45) is 8.40. The molecule has 7 nitrogen and oxygen atoms in total. The van der Waals surface area contributed by atoms with E-state index in [4.69, 9.17) is 37.2 Å². The van der Waals surface area contributed by atoms with E-state index < -0.39 is 0 Å².